The van der Waals surface area contributed by atoms with E-state index in [1.165, 1.54) is 54.2 Å². The molecule has 0 bridgehead atoms. The van der Waals surface area contributed by atoms with Gasteiger partial charge in [0.25, 0.3) is 0 Å². The molecule has 2 unspecified atom stereocenters. The molecule has 2 heterocycles. The lowest BCUT2D eigenvalue weighted by atomic mass is 9.77. The van der Waals surface area contributed by atoms with Crippen LogP contribution in [0, 0.1) is 33.5 Å². The Labute approximate surface area is 251 Å². The Morgan fingerprint density at radius 2 is 1.14 bits per heavy atom. The van der Waals surface area contributed by atoms with Crippen LogP contribution < -0.4 is 20.4 Å². The molecule has 0 radical (unpaired) electrons. The van der Waals surface area contributed by atoms with Crippen molar-refractivity contribution < 1.29 is 38.3 Å². The molecule has 1 aromatic carbocycles. The minimum atomic E-state index is -1.40. The number of nitrogens with one attached hydrogen (secondary N) is 2. The number of carbonyl (C=O) groups excluding carboxylic acids is 4. The molecule has 0 saturated heterocycles. The second-order valence-electron chi connectivity index (χ2n) is 10.3. The highest BCUT2D eigenvalue weighted by Crippen LogP contribution is 2.49. The molecule has 0 fully saturated rings. The van der Waals surface area contributed by atoms with Gasteiger partial charge in [0.05, 0.1) is 64.9 Å². The van der Waals surface area contributed by atoms with Crippen molar-refractivity contribution in [1.82, 2.24) is 28.2 Å². The van der Waals surface area contributed by atoms with E-state index in [0.29, 0.717) is 24.3 Å². The molecule has 18 heteroatoms. The summed E-state index contributed by atoms with van der Waals surface area (Å²) in [5.41, 5.74) is 2.55. The van der Waals surface area contributed by atoms with Crippen LogP contribution in [0.5, 0.6) is 11.5 Å². The molecule has 2 atom stereocenters. The summed E-state index contributed by atoms with van der Waals surface area (Å²) < 4.78 is 15.6. The van der Waals surface area contributed by atoms with Gasteiger partial charge >= 0.3 is 24.4 Å². The number of nitrogens with zero attached hydrogens (tertiary/aromatic N) is 6. The summed E-state index contributed by atoms with van der Waals surface area (Å²) >= 11 is 1.33. The Balaban J connectivity index is 2.43. The number of benzene rings is 1. The van der Waals surface area contributed by atoms with E-state index < -0.39 is 47.3 Å². The number of rotatable bonds is 2. The van der Waals surface area contributed by atoms with Crippen LogP contribution in [0.4, 0.5) is 19.2 Å². The van der Waals surface area contributed by atoms with Gasteiger partial charge in [-0.3, -0.25) is 0 Å². The smallest absolute Gasteiger partial charge is 0.409 e. The standard InChI is InChI=1S/C24H30N8O8S2/c1-23(2,11-25)17-13-9-10-14-15(16(13)38-20(34)30(6)42-31(7)21(35)39-27-17)18(24(3,4)12-26)28-40-22(36)32(8)41-29(5)19(33)37-14/h9-10,17-18,27-28H,1-8H3. The van der Waals surface area contributed by atoms with Crippen LogP contribution in [0.15, 0.2) is 12.1 Å². The van der Waals surface area contributed by atoms with Crippen LogP contribution >= 0.6 is 24.3 Å². The zero-order valence-electron chi connectivity index (χ0n) is 24.1. The molecular weight excluding hydrogens is 592 g/mol. The summed E-state index contributed by atoms with van der Waals surface area (Å²) in [6.45, 7) is 6.16. The molecule has 0 aliphatic carbocycles. The molecule has 2 N–H and O–H groups in total. The third kappa shape index (κ3) is 6.68. The SMILES string of the molecule is CN1SN(C)C(=O)Oc2ccc3c(c2C(C(C)(C)C#N)NOC1=O)OC(=O)N(C)SN(C)C(=O)ONC3C(C)(C)C#N. The maximum atomic E-state index is 13.4. The second-order valence-corrected chi connectivity index (χ2v) is 12.8. The predicted molar refractivity (Wildman–Crippen MR) is 148 cm³/mol. The van der Waals surface area contributed by atoms with Gasteiger partial charge < -0.3 is 19.1 Å². The zero-order valence-corrected chi connectivity index (χ0v) is 25.7. The maximum Gasteiger partial charge on any atom is 0.439 e. The summed E-state index contributed by atoms with van der Waals surface area (Å²) in [4.78, 5) is 62.4. The van der Waals surface area contributed by atoms with E-state index in [4.69, 9.17) is 19.1 Å². The molecule has 2 aliphatic rings. The molecule has 226 valence electrons. The van der Waals surface area contributed by atoms with Crippen LogP contribution in [0.3, 0.4) is 0 Å². The van der Waals surface area contributed by atoms with Gasteiger partial charge in [-0.1, -0.05) is 0 Å². The molecule has 0 aromatic heterocycles. The highest BCUT2D eigenvalue weighted by atomic mass is 32.2. The van der Waals surface area contributed by atoms with E-state index in [0.717, 1.165) is 17.2 Å². The molecule has 1 aromatic rings. The van der Waals surface area contributed by atoms with Crippen molar-refractivity contribution in [2.45, 2.75) is 39.8 Å². The van der Waals surface area contributed by atoms with Gasteiger partial charge in [-0.05, 0) is 39.8 Å². The van der Waals surface area contributed by atoms with Crippen molar-refractivity contribution in [3.63, 3.8) is 0 Å². The van der Waals surface area contributed by atoms with Crippen LogP contribution in [-0.2, 0) is 9.68 Å². The Bertz CT molecular complexity index is 1360. The number of carbonyl (C=O) groups is 4. The van der Waals surface area contributed by atoms with E-state index in [2.05, 4.69) is 23.1 Å². The van der Waals surface area contributed by atoms with Crippen molar-refractivity contribution in [3.05, 3.63) is 23.3 Å². The number of hydrogen-bond donors (Lipinski definition) is 2. The van der Waals surface area contributed by atoms with Crippen molar-refractivity contribution >= 4 is 48.6 Å². The molecular formula is C24H30N8O8S2. The number of hydrogen-bond acceptors (Lipinski definition) is 14. The Hall–Kier alpha value is -4.10. The molecule has 3 rings (SSSR count). The second kappa shape index (κ2) is 12.4. The number of nitriles is 2. The summed E-state index contributed by atoms with van der Waals surface area (Å²) in [6.07, 6.45) is -3.68. The minimum Gasteiger partial charge on any atom is -0.409 e. The average Bonchev–Trinajstić information content (AvgIpc) is 2.95. The quantitative estimate of drug-likeness (QED) is 0.450. The minimum absolute atomic E-state index is 0.0608. The lowest BCUT2D eigenvalue weighted by molar-refractivity contribution is 0.0341. The molecule has 0 spiro atoms. The Morgan fingerprint density at radius 3 is 1.64 bits per heavy atom. The van der Waals surface area contributed by atoms with E-state index >= 15 is 0 Å². The number of fused-ring (bicyclic) bond motifs is 3. The van der Waals surface area contributed by atoms with Gasteiger partial charge in [-0.2, -0.15) is 10.5 Å². The first-order chi connectivity index (χ1) is 19.5. The van der Waals surface area contributed by atoms with Crippen LogP contribution in [0.1, 0.15) is 50.9 Å². The Morgan fingerprint density at radius 1 is 0.714 bits per heavy atom. The Kier molecular flexibility index (Phi) is 9.58. The lowest BCUT2D eigenvalue weighted by Crippen LogP contribution is -2.39. The van der Waals surface area contributed by atoms with Gasteiger partial charge in [0.2, 0.25) is 0 Å². The zero-order chi connectivity index (χ0) is 31.6. The van der Waals surface area contributed by atoms with Crippen LogP contribution in [0.2, 0.25) is 0 Å². The van der Waals surface area contributed by atoms with E-state index in [-0.39, 0.29) is 22.6 Å². The third-order valence-electron chi connectivity index (χ3n) is 6.24. The molecule has 42 heavy (non-hydrogen) atoms. The first-order valence-electron chi connectivity index (χ1n) is 12.2. The fraction of sp³-hybridized carbons (Fsp3) is 0.500. The average molecular weight is 623 g/mol. The van der Waals surface area contributed by atoms with Crippen LogP contribution in [-0.4, -0.2) is 69.8 Å². The topological polar surface area (TPSA) is 190 Å². The summed E-state index contributed by atoms with van der Waals surface area (Å²) in [5.74, 6) is -0.382. The highest BCUT2D eigenvalue weighted by molar-refractivity contribution is 7.95. The van der Waals surface area contributed by atoms with Gasteiger partial charge in [0.1, 0.15) is 11.5 Å². The molecule has 4 amide bonds. The van der Waals surface area contributed by atoms with Gasteiger partial charge in [0.15, 0.2) is 0 Å². The van der Waals surface area contributed by atoms with Crippen molar-refractivity contribution in [2.75, 3.05) is 28.2 Å². The first kappa shape index (κ1) is 32.4. The van der Waals surface area contributed by atoms with Crippen molar-refractivity contribution in [1.29, 1.82) is 10.5 Å². The number of hydroxylamine groups is 2. The van der Waals surface area contributed by atoms with Gasteiger partial charge in [-0.15, -0.1) is 11.0 Å². The maximum absolute atomic E-state index is 13.4. The summed E-state index contributed by atoms with van der Waals surface area (Å²) in [5, 5.41) is 20.2. The fourth-order valence-electron chi connectivity index (χ4n) is 3.76. The molecule has 2 aliphatic heterocycles. The summed E-state index contributed by atoms with van der Waals surface area (Å²) in [6, 6.07) is 4.66. The van der Waals surface area contributed by atoms with E-state index in [1.807, 2.05) is 0 Å². The normalized spacial score (nSPS) is 21.2. The van der Waals surface area contributed by atoms with Gasteiger partial charge in [0, 0.05) is 33.8 Å². The monoisotopic (exact) mass is 622 g/mol. The van der Waals surface area contributed by atoms with Crippen LogP contribution in [0.25, 0.3) is 0 Å². The van der Waals surface area contributed by atoms with Gasteiger partial charge in [-0.25, -0.2) is 36.4 Å². The van der Waals surface area contributed by atoms with E-state index in [1.54, 1.807) is 13.8 Å². The van der Waals surface area contributed by atoms with Crippen molar-refractivity contribution in [3.8, 4) is 23.6 Å². The van der Waals surface area contributed by atoms with Crippen molar-refractivity contribution in [2.24, 2.45) is 10.8 Å². The lowest BCUT2D eigenvalue weighted by Gasteiger charge is -2.34. The summed E-state index contributed by atoms with van der Waals surface area (Å²) in [7, 11) is 5.40. The highest BCUT2D eigenvalue weighted by Gasteiger charge is 2.43. The third-order valence-corrected chi connectivity index (χ3v) is 7.82. The first-order valence-corrected chi connectivity index (χ1v) is 13.7. The fourth-order valence-corrected chi connectivity index (χ4v) is 4.91. The molecule has 0 saturated carbocycles. The largest absolute Gasteiger partial charge is 0.439 e. The number of amides is 4. The molecule has 16 nitrogen and oxygen atoms in total. The number of ether oxygens (including phenoxy) is 2. The predicted octanol–water partition coefficient (Wildman–Crippen LogP) is 4.03. The van der Waals surface area contributed by atoms with E-state index in [9.17, 15) is 29.7 Å².